The van der Waals surface area contributed by atoms with Gasteiger partial charge in [0, 0.05) is 38.3 Å². The Balaban J connectivity index is 1.77. The quantitative estimate of drug-likeness (QED) is 0.341. The maximum atomic E-state index is 9.45. The Bertz CT molecular complexity index is 807. The average Bonchev–Trinajstić information content (AvgIpc) is 2.57. The number of nitrogens with zero attached hydrogens (tertiary/aromatic N) is 6. The SMILES string of the molecule is N=c1nc(N2CCN(c3cc(N)n(O)c(=N)n3)CC2)cc(N)n1O. The molecule has 1 aliphatic rings. The molecular formula is C12H18N10O2. The number of nitrogens with two attached hydrogens (primary N) is 2. The van der Waals surface area contributed by atoms with Gasteiger partial charge in [-0.15, -0.1) is 9.46 Å². The van der Waals surface area contributed by atoms with Crippen LogP contribution in [0.2, 0.25) is 0 Å². The van der Waals surface area contributed by atoms with Gasteiger partial charge in [-0.25, -0.2) is 0 Å². The van der Waals surface area contributed by atoms with Crippen molar-refractivity contribution < 1.29 is 10.4 Å². The van der Waals surface area contributed by atoms with Crippen LogP contribution in [0, 0.1) is 10.8 Å². The number of nitrogen functional groups attached to an aromatic ring is 2. The number of rotatable bonds is 2. The number of nitrogens with one attached hydrogen (secondary N) is 2. The van der Waals surface area contributed by atoms with Crippen LogP contribution in [0.25, 0.3) is 0 Å². The Kier molecular flexibility index (Phi) is 3.63. The average molecular weight is 334 g/mol. The Morgan fingerprint density at radius 3 is 1.42 bits per heavy atom. The zero-order valence-electron chi connectivity index (χ0n) is 12.7. The summed E-state index contributed by atoms with van der Waals surface area (Å²) in [5.74, 6) is 1.10. The van der Waals surface area contributed by atoms with E-state index in [0.717, 1.165) is 0 Å². The van der Waals surface area contributed by atoms with E-state index < -0.39 is 0 Å². The Hall–Kier alpha value is -3.44. The molecule has 128 valence electrons. The molecule has 2 aromatic rings. The van der Waals surface area contributed by atoms with Crippen LogP contribution >= 0.6 is 0 Å². The van der Waals surface area contributed by atoms with E-state index in [4.69, 9.17) is 22.3 Å². The molecule has 24 heavy (non-hydrogen) atoms. The van der Waals surface area contributed by atoms with Crippen molar-refractivity contribution in [2.45, 2.75) is 0 Å². The van der Waals surface area contributed by atoms with E-state index >= 15 is 0 Å². The predicted octanol–water partition coefficient (Wildman–Crippen LogP) is -2.00. The van der Waals surface area contributed by atoms with Crippen LogP contribution in [0.15, 0.2) is 12.1 Å². The van der Waals surface area contributed by atoms with Crippen LogP contribution in [-0.4, -0.2) is 56.0 Å². The molecule has 8 N–H and O–H groups in total. The topological polar surface area (TPSA) is 182 Å². The molecule has 0 saturated carbocycles. The third-order valence-corrected chi connectivity index (χ3v) is 3.81. The molecule has 3 rings (SSSR count). The molecule has 0 aromatic carbocycles. The second-order valence-corrected chi connectivity index (χ2v) is 5.32. The molecule has 0 amide bonds. The minimum absolute atomic E-state index is 0.0382. The second-order valence-electron chi connectivity index (χ2n) is 5.32. The Morgan fingerprint density at radius 1 is 0.792 bits per heavy atom. The maximum Gasteiger partial charge on any atom is 0.259 e. The van der Waals surface area contributed by atoms with Gasteiger partial charge in [-0.3, -0.25) is 10.8 Å². The van der Waals surface area contributed by atoms with E-state index in [1.165, 1.54) is 12.1 Å². The first-order chi connectivity index (χ1) is 11.4. The Labute approximate surface area is 135 Å². The zero-order valence-corrected chi connectivity index (χ0v) is 12.7. The summed E-state index contributed by atoms with van der Waals surface area (Å²) in [6.07, 6.45) is 0. The summed E-state index contributed by atoms with van der Waals surface area (Å²) in [7, 11) is 0. The highest BCUT2D eigenvalue weighted by Gasteiger charge is 2.21. The first-order valence-corrected chi connectivity index (χ1v) is 7.13. The highest BCUT2D eigenvalue weighted by Crippen LogP contribution is 2.18. The summed E-state index contributed by atoms with van der Waals surface area (Å²) >= 11 is 0. The third kappa shape index (κ3) is 2.64. The van der Waals surface area contributed by atoms with Gasteiger partial charge in [0.25, 0.3) is 11.2 Å². The number of anilines is 4. The fraction of sp³-hybridized carbons (Fsp3) is 0.333. The van der Waals surface area contributed by atoms with E-state index in [2.05, 4.69) is 9.97 Å². The van der Waals surface area contributed by atoms with Crippen LogP contribution in [0.1, 0.15) is 0 Å². The number of hydrogen-bond acceptors (Lipinski definition) is 10. The van der Waals surface area contributed by atoms with Gasteiger partial charge in [-0.05, 0) is 0 Å². The fourth-order valence-corrected chi connectivity index (χ4v) is 2.50. The molecular weight excluding hydrogens is 316 g/mol. The zero-order chi connectivity index (χ0) is 17.4. The van der Waals surface area contributed by atoms with Gasteiger partial charge in [0.1, 0.15) is 23.3 Å². The molecule has 12 nitrogen and oxygen atoms in total. The largest absolute Gasteiger partial charge is 0.423 e. The summed E-state index contributed by atoms with van der Waals surface area (Å²) in [5, 5.41) is 34.0. The third-order valence-electron chi connectivity index (χ3n) is 3.81. The van der Waals surface area contributed by atoms with Crippen LogP contribution < -0.4 is 32.5 Å². The fourth-order valence-electron chi connectivity index (χ4n) is 2.50. The van der Waals surface area contributed by atoms with Gasteiger partial charge in [0.2, 0.25) is 0 Å². The molecule has 1 fully saturated rings. The molecule has 0 bridgehead atoms. The van der Waals surface area contributed by atoms with Crippen molar-refractivity contribution in [3.63, 3.8) is 0 Å². The van der Waals surface area contributed by atoms with Crippen LogP contribution in [0.3, 0.4) is 0 Å². The lowest BCUT2D eigenvalue weighted by atomic mass is 10.3. The van der Waals surface area contributed by atoms with Gasteiger partial charge >= 0.3 is 0 Å². The standard InChI is InChI=1S/C12H18N10O2/c13-7-5-9(17-11(15)21(7)23)19-1-2-20(4-3-19)10-6-8(14)22(24)12(16)18-10/h5-6,15-16,23-24H,1-4,13-14H2. The minimum atomic E-state index is -0.337. The van der Waals surface area contributed by atoms with Crippen molar-refractivity contribution >= 4 is 23.3 Å². The normalized spacial score (nSPS) is 14.8. The lowest BCUT2D eigenvalue weighted by Gasteiger charge is -2.36. The van der Waals surface area contributed by atoms with Crippen molar-refractivity contribution in [1.29, 1.82) is 10.8 Å². The van der Waals surface area contributed by atoms with Crippen LogP contribution in [-0.2, 0) is 0 Å². The van der Waals surface area contributed by atoms with Crippen molar-refractivity contribution in [3.05, 3.63) is 23.4 Å². The summed E-state index contributed by atoms with van der Waals surface area (Å²) in [6, 6.07) is 3.01. The first-order valence-electron chi connectivity index (χ1n) is 7.13. The summed E-state index contributed by atoms with van der Waals surface area (Å²) < 4.78 is 1.02. The molecule has 0 spiro atoms. The van der Waals surface area contributed by atoms with E-state index in [-0.39, 0.29) is 22.9 Å². The summed E-state index contributed by atoms with van der Waals surface area (Å²) in [5.41, 5.74) is 10.6. The van der Waals surface area contributed by atoms with Gasteiger partial charge in [0.05, 0.1) is 0 Å². The number of hydrogen-bond donors (Lipinski definition) is 6. The highest BCUT2D eigenvalue weighted by molar-refractivity contribution is 5.50. The molecule has 1 aliphatic heterocycles. The lowest BCUT2D eigenvalue weighted by Crippen LogP contribution is -2.48. The monoisotopic (exact) mass is 334 g/mol. The van der Waals surface area contributed by atoms with Crippen molar-refractivity contribution in [2.75, 3.05) is 47.4 Å². The summed E-state index contributed by atoms with van der Waals surface area (Å²) in [6.45, 7) is 2.35. The Morgan fingerprint density at radius 2 is 1.12 bits per heavy atom. The van der Waals surface area contributed by atoms with Gasteiger partial charge in [0.15, 0.2) is 0 Å². The molecule has 1 saturated heterocycles. The second kappa shape index (κ2) is 5.64. The van der Waals surface area contributed by atoms with E-state index in [9.17, 15) is 10.4 Å². The first kappa shape index (κ1) is 15.5. The molecule has 0 aliphatic carbocycles. The van der Waals surface area contributed by atoms with Gasteiger partial charge in [-0.2, -0.15) is 9.97 Å². The summed E-state index contributed by atoms with van der Waals surface area (Å²) in [4.78, 5) is 11.9. The molecule has 3 heterocycles. The minimum Gasteiger partial charge on any atom is -0.423 e. The van der Waals surface area contributed by atoms with E-state index in [1.807, 2.05) is 9.80 Å². The maximum absolute atomic E-state index is 9.45. The highest BCUT2D eigenvalue weighted by atomic mass is 16.5. The molecule has 0 radical (unpaired) electrons. The smallest absolute Gasteiger partial charge is 0.259 e. The molecule has 12 heteroatoms. The van der Waals surface area contributed by atoms with Crippen molar-refractivity contribution in [1.82, 2.24) is 19.4 Å². The molecule has 2 aromatic heterocycles. The van der Waals surface area contributed by atoms with Crippen molar-refractivity contribution in [2.24, 2.45) is 0 Å². The number of piperazine rings is 1. The molecule has 0 atom stereocenters. The predicted molar refractivity (Wildman–Crippen MR) is 83.8 cm³/mol. The van der Waals surface area contributed by atoms with Crippen molar-refractivity contribution in [3.8, 4) is 0 Å². The van der Waals surface area contributed by atoms with Gasteiger partial charge in [-0.1, -0.05) is 0 Å². The molecule has 0 unspecified atom stereocenters. The number of aromatic nitrogens is 4. The van der Waals surface area contributed by atoms with Crippen LogP contribution in [0.4, 0.5) is 23.3 Å². The van der Waals surface area contributed by atoms with Gasteiger partial charge < -0.3 is 31.7 Å². The van der Waals surface area contributed by atoms with E-state index in [0.29, 0.717) is 47.3 Å². The lowest BCUT2D eigenvalue weighted by molar-refractivity contribution is 0.171. The van der Waals surface area contributed by atoms with Crippen LogP contribution in [0.5, 0.6) is 0 Å². The van der Waals surface area contributed by atoms with E-state index in [1.54, 1.807) is 0 Å².